The van der Waals surface area contributed by atoms with Gasteiger partial charge < -0.3 is 14.8 Å². The maximum atomic E-state index is 11.8. The maximum Gasteiger partial charge on any atom is 0.323 e. The first-order chi connectivity index (χ1) is 9.06. The Morgan fingerprint density at radius 3 is 2.63 bits per heavy atom. The van der Waals surface area contributed by atoms with Crippen LogP contribution in [-0.4, -0.2) is 37.4 Å². The molecule has 0 radical (unpaired) electrons. The van der Waals surface area contributed by atoms with Gasteiger partial charge in [-0.25, -0.2) is 0 Å². The van der Waals surface area contributed by atoms with Crippen molar-refractivity contribution in [3.63, 3.8) is 0 Å². The Bertz CT molecular complexity index is 311. The fraction of sp³-hybridized carbons (Fsp3) is 0.933. The van der Waals surface area contributed by atoms with Crippen molar-refractivity contribution >= 4 is 5.97 Å². The van der Waals surface area contributed by atoms with Crippen LogP contribution in [-0.2, 0) is 14.3 Å². The first-order valence-corrected chi connectivity index (χ1v) is 7.54. The fourth-order valence-electron chi connectivity index (χ4n) is 3.45. The van der Waals surface area contributed by atoms with Crippen molar-refractivity contribution in [1.29, 1.82) is 0 Å². The fourth-order valence-corrected chi connectivity index (χ4v) is 3.45. The highest BCUT2D eigenvalue weighted by Crippen LogP contribution is 2.40. The molecule has 110 valence electrons. The van der Waals surface area contributed by atoms with Gasteiger partial charge in [0.1, 0.15) is 6.04 Å². The first-order valence-electron chi connectivity index (χ1n) is 7.54. The predicted octanol–water partition coefficient (Wildman–Crippen LogP) is 2.27. The molecule has 1 aliphatic carbocycles. The van der Waals surface area contributed by atoms with E-state index >= 15 is 0 Å². The van der Waals surface area contributed by atoms with Crippen molar-refractivity contribution in [1.82, 2.24) is 5.32 Å². The van der Waals surface area contributed by atoms with Gasteiger partial charge in [-0.3, -0.25) is 4.79 Å². The quantitative estimate of drug-likeness (QED) is 0.795. The standard InChI is InChI=1S/C15H27NO3/c1-11(2)13(14(17)18-3)16-12-6-9-19-15(10-12)7-4-5-8-15/h11-13,16H,4-10H2,1-3H3. The van der Waals surface area contributed by atoms with Gasteiger partial charge in [0.15, 0.2) is 0 Å². The largest absolute Gasteiger partial charge is 0.468 e. The summed E-state index contributed by atoms with van der Waals surface area (Å²) in [5.41, 5.74) is 0.0908. The molecule has 0 aromatic rings. The van der Waals surface area contributed by atoms with E-state index in [2.05, 4.69) is 19.2 Å². The molecule has 1 heterocycles. The molecule has 4 heteroatoms. The minimum Gasteiger partial charge on any atom is -0.468 e. The number of carbonyl (C=O) groups is 1. The number of esters is 1. The molecule has 2 unspecified atom stereocenters. The molecular weight excluding hydrogens is 242 g/mol. The number of nitrogens with one attached hydrogen (secondary N) is 1. The Hall–Kier alpha value is -0.610. The number of rotatable bonds is 4. The lowest BCUT2D eigenvalue weighted by atomic mass is 9.88. The molecule has 1 saturated carbocycles. The average Bonchev–Trinajstić information content (AvgIpc) is 2.83. The summed E-state index contributed by atoms with van der Waals surface area (Å²) in [6.45, 7) is 4.92. The zero-order valence-corrected chi connectivity index (χ0v) is 12.4. The number of hydrogen-bond donors (Lipinski definition) is 1. The summed E-state index contributed by atoms with van der Waals surface area (Å²) in [5, 5.41) is 3.50. The van der Waals surface area contributed by atoms with E-state index in [1.165, 1.54) is 32.8 Å². The molecule has 1 spiro atoms. The van der Waals surface area contributed by atoms with Crippen molar-refractivity contribution < 1.29 is 14.3 Å². The average molecular weight is 269 g/mol. The van der Waals surface area contributed by atoms with Crippen LogP contribution >= 0.6 is 0 Å². The van der Waals surface area contributed by atoms with Crippen molar-refractivity contribution in [2.45, 2.75) is 70.1 Å². The van der Waals surface area contributed by atoms with Crippen molar-refractivity contribution in [3.8, 4) is 0 Å². The summed E-state index contributed by atoms with van der Waals surface area (Å²) in [4.78, 5) is 11.8. The lowest BCUT2D eigenvalue weighted by molar-refractivity contribution is -0.145. The SMILES string of the molecule is COC(=O)C(NC1CCOC2(CCCC2)C1)C(C)C. The lowest BCUT2D eigenvalue weighted by Crippen LogP contribution is -2.52. The van der Waals surface area contributed by atoms with E-state index in [-0.39, 0.29) is 23.5 Å². The van der Waals surface area contributed by atoms with E-state index in [0.717, 1.165) is 19.4 Å². The molecule has 19 heavy (non-hydrogen) atoms. The van der Waals surface area contributed by atoms with Crippen LogP contribution in [0.1, 0.15) is 52.4 Å². The molecule has 1 N–H and O–H groups in total. The maximum absolute atomic E-state index is 11.8. The Morgan fingerprint density at radius 2 is 2.05 bits per heavy atom. The van der Waals surface area contributed by atoms with Crippen LogP contribution in [0.3, 0.4) is 0 Å². The Labute approximate surface area is 116 Å². The van der Waals surface area contributed by atoms with E-state index in [9.17, 15) is 4.79 Å². The van der Waals surface area contributed by atoms with Crippen LogP contribution in [0.4, 0.5) is 0 Å². The third-order valence-electron chi connectivity index (χ3n) is 4.54. The highest BCUT2D eigenvalue weighted by Gasteiger charge is 2.41. The van der Waals surface area contributed by atoms with Crippen LogP contribution in [0, 0.1) is 5.92 Å². The first kappa shape index (κ1) is 14.8. The molecule has 2 aliphatic rings. The van der Waals surface area contributed by atoms with Crippen LogP contribution in [0.25, 0.3) is 0 Å². The molecule has 0 bridgehead atoms. The topological polar surface area (TPSA) is 47.6 Å². The predicted molar refractivity (Wildman–Crippen MR) is 74.0 cm³/mol. The van der Waals surface area contributed by atoms with Crippen LogP contribution < -0.4 is 5.32 Å². The van der Waals surface area contributed by atoms with Crippen molar-refractivity contribution in [3.05, 3.63) is 0 Å². The summed E-state index contributed by atoms with van der Waals surface area (Å²) >= 11 is 0. The second-order valence-corrected chi connectivity index (χ2v) is 6.34. The molecule has 2 rings (SSSR count). The summed E-state index contributed by atoms with van der Waals surface area (Å²) in [6, 6.07) is 0.171. The Kier molecular flexibility index (Phi) is 4.85. The number of ether oxygens (including phenoxy) is 2. The van der Waals surface area contributed by atoms with Crippen LogP contribution in [0.2, 0.25) is 0 Å². The second-order valence-electron chi connectivity index (χ2n) is 6.34. The summed E-state index contributed by atoms with van der Waals surface area (Å²) in [5.74, 6) is 0.0942. The smallest absolute Gasteiger partial charge is 0.323 e. The van der Waals surface area contributed by atoms with Gasteiger partial charge in [-0.1, -0.05) is 26.7 Å². The molecule has 0 aromatic carbocycles. The molecule has 0 aromatic heterocycles. The number of hydrogen-bond acceptors (Lipinski definition) is 4. The van der Waals surface area contributed by atoms with Crippen LogP contribution in [0.15, 0.2) is 0 Å². The zero-order chi connectivity index (χ0) is 13.9. The monoisotopic (exact) mass is 269 g/mol. The normalized spacial score (nSPS) is 27.7. The Balaban J connectivity index is 1.95. The summed E-state index contributed by atoms with van der Waals surface area (Å²) in [7, 11) is 1.46. The van der Waals surface area contributed by atoms with Gasteiger partial charge in [0, 0.05) is 12.6 Å². The van der Waals surface area contributed by atoms with Crippen molar-refractivity contribution in [2.24, 2.45) is 5.92 Å². The lowest BCUT2D eigenvalue weighted by Gasteiger charge is -2.40. The van der Waals surface area contributed by atoms with Gasteiger partial charge in [-0.2, -0.15) is 0 Å². The second kappa shape index (κ2) is 6.23. The van der Waals surface area contributed by atoms with Gasteiger partial charge in [0.2, 0.25) is 0 Å². The van der Waals surface area contributed by atoms with Gasteiger partial charge in [-0.05, 0) is 31.6 Å². The molecular formula is C15H27NO3. The molecule has 4 nitrogen and oxygen atoms in total. The number of methoxy groups -OCH3 is 1. The van der Waals surface area contributed by atoms with Crippen LogP contribution in [0.5, 0.6) is 0 Å². The number of carbonyl (C=O) groups excluding carboxylic acids is 1. The van der Waals surface area contributed by atoms with E-state index in [1.54, 1.807) is 0 Å². The van der Waals surface area contributed by atoms with Crippen molar-refractivity contribution in [2.75, 3.05) is 13.7 Å². The molecule has 1 aliphatic heterocycles. The molecule has 2 atom stereocenters. The van der Waals surface area contributed by atoms with Gasteiger partial charge in [0.05, 0.1) is 12.7 Å². The van der Waals surface area contributed by atoms with E-state index in [4.69, 9.17) is 9.47 Å². The summed E-state index contributed by atoms with van der Waals surface area (Å²) in [6.07, 6.45) is 6.93. The third kappa shape index (κ3) is 3.48. The minimum absolute atomic E-state index is 0.0908. The van der Waals surface area contributed by atoms with Gasteiger partial charge in [0.25, 0.3) is 0 Å². The molecule has 1 saturated heterocycles. The van der Waals surface area contributed by atoms with Gasteiger partial charge in [-0.15, -0.1) is 0 Å². The summed E-state index contributed by atoms with van der Waals surface area (Å²) < 4.78 is 10.9. The zero-order valence-electron chi connectivity index (χ0n) is 12.4. The van der Waals surface area contributed by atoms with E-state index < -0.39 is 0 Å². The highest BCUT2D eigenvalue weighted by atomic mass is 16.5. The minimum atomic E-state index is -0.202. The molecule has 0 amide bonds. The third-order valence-corrected chi connectivity index (χ3v) is 4.54. The van der Waals surface area contributed by atoms with Gasteiger partial charge >= 0.3 is 5.97 Å². The molecule has 2 fully saturated rings. The Morgan fingerprint density at radius 1 is 1.37 bits per heavy atom. The van der Waals surface area contributed by atoms with E-state index in [0.29, 0.717) is 6.04 Å². The van der Waals surface area contributed by atoms with E-state index in [1.807, 2.05) is 0 Å². The highest BCUT2D eigenvalue weighted by molar-refractivity contribution is 5.75.